The van der Waals surface area contributed by atoms with Crippen LogP contribution in [-0.4, -0.2) is 0 Å². The Morgan fingerprint density at radius 3 is 2.00 bits per heavy atom. The van der Waals surface area contributed by atoms with Crippen molar-refractivity contribution in [1.29, 1.82) is 0 Å². The van der Waals surface area contributed by atoms with Crippen LogP contribution in [-0.2, 0) is 0 Å². The fraction of sp³-hybridized carbons (Fsp3) is 0.143. The van der Waals surface area contributed by atoms with Gasteiger partial charge in [-0.15, -0.1) is 0 Å². The van der Waals surface area contributed by atoms with E-state index in [1.165, 1.54) is 16.7 Å². The molecule has 0 amide bonds. The van der Waals surface area contributed by atoms with E-state index in [0.717, 1.165) is 5.57 Å². The van der Waals surface area contributed by atoms with Crippen molar-refractivity contribution < 1.29 is 0 Å². The largest absolute Gasteiger partial charge is 0.0985 e. The molecule has 1 aromatic rings. The van der Waals surface area contributed by atoms with Crippen LogP contribution in [0.1, 0.15) is 18.1 Å². The Morgan fingerprint density at radius 1 is 1.07 bits per heavy atom. The zero-order valence-electron chi connectivity index (χ0n) is 8.88. The molecule has 0 nitrogen and oxygen atoms in total. The molecule has 0 heterocycles. The summed E-state index contributed by atoms with van der Waals surface area (Å²) in [5, 5.41) is 0. The average Bonchev–Trinajstić information content (AvgIpc) is 2.20. The van der Waals surface area contributed by atoms with Crippen molar-refractivity contribution in [2.75, 3.05) is 0 Å². The van der Waals surface area contributed by atoms with E-state index < -0.39 is 0 Å². The van der Waals surface area contributed by atoms with Crippen LogP contribution in [0.3, 0.4) is 0 Å². The molecule has 72 valence electrons. The van der Waals surface area contributed by atoms with E-state index in [2.05, 4.69) is 51.3 Å². The predicted octanol–water partition coefficient (Wildman–Crippen LogP) is 4.14. The first-order chi connectivity index (χ1) is 6.69. The van der Waals surface area contributed by atoms with Gasteiger partial charge in [-0.3, -0.25) is 0 Å². The van der Waals surface area contributed by atoms with Gasteiger partial charge in [0.15, 0.2) is 0 Å². The third-order valence-electron chi connectivity index (χ3n) is 2.36. The lowest BCUT2D eigenvalue weighted by atomic mass is 10.0. The lowest BCUT2D eigenvalue weighted by molar-refractivity contribution is 1.44. The molecule has 0 heteroatoms. The highest BCUT2D eigenvalue weighted by molar-refractivity contribution is 5.71. The maximum Gasteiger partial charge on any atom is -0.0221 e. The number of rotatable bonds is 3. The molecular weight excluding hydrogens is 168 g/mol. The van der Waals surface area contributed by atoms with E-state index in [1.807, 2.05) is 12.2 Å². The Labute approximate surface area is 86.3 Å². The van der Waals surface area contributed by atoms with Gasteiger partial charge in [-0.1, -0.05) is 55.1 Å². The van der Waals surface area contributed by atoms with Gasteiger partial charge in [0.1, 0.15) is 0 Å². The average molecular weight is 184 g/mol. The second-order valence-electron chi connectivity index (χ2n) is 3.35. The molecule has 0 aliphatic heterocycles. The van der Waals surface area contributed by atoms with Gasteiger partial charge in [0.25, 0.3) is 0 Å². The smallest absolute Gasteiger partial charge is 0.0221 e. The Morgan fingerprint density at radius 2 is 1.57 bits per heavy atom. The normalized spacial score (nSPS) is 9.29. The summed E-state index contributed by atoms with van der Waals surface area (Å²) in [4.78, 5) is 0. The Hall–Kier alpha value is -1.56. The summed E-state index contributed by atoms with van der Waals surface area (Å²) in [6.45, 7) is 11.7. The first-order valence-electron chi connectivity index (χ1n) is 4.72. The van der Waals surface area contributed by atoms with Crippen molar-refractivity contribution in [3.63, 3.8) is 0 Å². The first kappa shape index (κ1) is 10.5. The van der Waals surface area contributed by atoms with Gasteiger partial charge < -0.3 is 0 Å². The molecule has 0 bridgehead atoms. The summed E-state index contributed by atoms with van der Waals surface area (Å²) in [6, 6.07) is 8.47. The van der Waals surface area contributed by atoms with Crippen LogP contribution in [0.5, 0.6) is 0 Å². The van der Waals surface area contributed by atoms with Crippen molar-refractivity contribution in [2.24, 2.45) is 0 Å². The summed E-state index contributed by atoms with van der Waals surface area (Å²) < 4.78 is 0. The van der Waals surface area contributed by atoms with Crippen LogP contribution in [0.25, 0.3) is 5.57 Å². The third-order valence-corrected chi connectivity index (χ3v) is 2.36. The van der Waals surface area contributed by atoms with E-state index in [9.17, 15) is 0 Å². The second-order valence-corrected chi connectivity index (χ2v) is 3.35. The Bertz CT molecular complexity index is 354. The van der Waals surface area contributed by atoms with Gasteiger partial charge >= 0.3 is 0 Å². The van der Waals surface area contributed by atoms with Gasteiger partial charge in [-0.25, -0.2) is 0 Å². The van der Waals surface area contributed by atoms with E-state index in [1.54, 1.807) is 0 Å². The number of allylic oxidation sites excluding steroid dienone is 4. The first-order valence-corrected chi connectivity index (χ1v) is 4.72. The quantitative estimate of drug-likeness (QED) is 0.619. The Kier molecular flexibility index (Phi) is 3.47. The van der Waals surface area contributed by atoms with E-state index in [4.69, 9.17) is 0 Å². The summed E-state index contributed by atoms with van der Waals surface area (Å²) in [5.74, 6) is 0. The minimum Gasteiger partial charge on any atom is -0.0985 e. The van der Waals surface area contributed by atoms with Crippen LogP contribution in [0.2, 0.25) is 0 Å². The van der Waals surface area contributed by atoms with E-state index in [-0.39, 0.29) is 0 Å². The molecule has 0 fully saturated rings. The number of aryl methyl sites for hydroxylation is 1. The summed E-state index contributed by atoms with van der Waals surface area (Å²) >= 11 is 0. The molecule has 14 heavy (non-hydrogen) atoms. The van der Waals surface area contributed by atoms with Gasteiger partial charge in [-0.2, -0.15) is 0 Å². The Balaban J connectivity index is 3.16. The second kappa shape index (κ2) is 4.61. The van der Waals surface area contributed by atoms with Crippen molar-refractivity contribution in [2.45, 2.75) is 13.8 Å². The maximum atomic E-state index is 3.77. The molecule has 0 aliphatic rings. The maximum absolute atomic E-state index is 3.77. The molecule has 0 radical (unpaired) electrons. The summed E-state index contributed by atoms with van der Waals surface area (Å²) in [5.41, 5.74) is 4.81. The molecule has 0 atom stereocenters. The van der Waals surface area contributed by atoms with Crippen molar-refractivity contribution in [1.82, 2.24) is 0 Å². The third kappa shape index (κ3) is 2.23. The molecule has 0 aliphatic carbocycles. The molecule has 0 unspecified atom stereocenters. The van der Waals surface area contributed by atoms with Crippen molar-refractivity contribution in [3.8, 4) is 0 Å². The van der Waals surface area contributed by atoms with Crippen LogP contribution >= 0.6 is 0 Å². The van der Waals surface area contributed by atoms with Gasteiger partial charge in [0.2, 0.25) is 0 Å². The molecule has 0 spiro atoms. The highest BCUT2D eigenvalue weighted by Crippen LogP contribution is 2.19. The zero-order valence-corrected chi connectivity index (χ0v) is 8.88. The highest BCUT2D eigenvalue weighted by atomic mass is 14.0. The van der Waals surface area contributed by atoms with Gasteiger partial charge in [-0.05, 0) is 30.6 Å². The number of benzene rings is 1. The molecule has 0 N–H and O–H groups in total. The highest BCUT2D eigenvalue weighted by Gasteiger charge is 1.98. The van der Waals surface area contributed by atoms with Crippen LogP contribution in [0.15, 0.2) is 55.1 Å². The van der Waals surface area contributed by atoms with E-state index in [0.29, 0.717) is 0 Å². The lowest BCUT2D eigenvalue weighted by Gasteiger charge is -2.05. The van der Waals surface area contributed by atoms with Gasteiger partial charge in [0, 0.05) is 0 Å². The zero-order chi connectivity index (χ0) is 10.6. The van der Waals surface area contributed by atoms with Crippen LogP contribution in [0.4, 0.5) is 0 Å². The lowest BCUT2D eigenvalue weighted by Crippen LogP contribution is -1.83. The van der Waals surface area contributed by atoms with Crippen molar-refractivity contribution >= 4 is 5.57 Å². The fourth-order valence-electron chi connectivity index (χ4n) is 1.36. The monoisotopic (exact) mass is 184 g/mol. The topological polar surface area (TPSA) is 0 Å². The summed E-state index contributed by atoms with van der Waals surface area (Å²) in [6.07, 6.45) is 3.67. The fourth-order valence-corrected chi connectivity index (χ4v) is 1.36. The SMILES string of the molecule is C=CC(C=C)=C(C)c1ccc(C)cc1. The van der Waals surface area contributed by atoms with Crippen LogP contribution < -0.4 is 0 Å². The predicted molar refractivity (Wildman–Crippen MR) is 64.2 cm³/mol. The molecule has 0 aromatic heterocycles. The minimum absolute atomic E-state index is 1.09. The molecule has 0 saturated heterocycles. The van der Waals surface area contributed by atoms with E-state index >= 15 is 0 Å². The molecule has 1 rings (SSSR count). The van der Waals surface area contributed by atoms with Crippen LogP contribution in [0, 0.1) is 6.92 Å². The van der Waals surface area contributed by atoms with Crippen molar-refractivity contribution in [3.05, 3.63) is 66.3 Å². The standard InChI is InChI=1S/C14H16/c1-5-13(6-2)12(4)14-9-7-11(3)8-10-14/h5-10H,1-2H2,3-4H3. The molecule has 1 aromatic carbocycles. The summed E-state index contributed by atoms with van der Waals surface area (Å²) in [7, 11) is 0. The molecular formula is C14H16. The number of hydrogen-bond acceptors (Lipinski definition) is 0. The molecule has 0 saturated carbocycles. The minimum atomic E-state index is 1.09. The number of hydrogen-bond donors (Lipinski definition) is 0. The van der Waals surface area contributed by atoms with Gasteiger partial charge in [0.05, 0.1) is 0 Å².